The van der Waals surface area contributed by atoms with Crippen molar-refractivity contribution in [2.24, 2.45) is 4.36 Å². The van der Waals surface area contributed by atoms with Crippen molar-refractivity contribution in [3.63, 3.8) is 0 Å². The van der Waals surface area contributed by atoms with Crippen molar-refractivity contribution < 1.29 is 6.95 Å². The van der Waals surface area contributed by atoms with Crippen LogP contribution in [0.25, 0.3) is 0 Å². The fourth-order valence-corrected chi connectivity index (χ4v) is 4.14. The first-order chi connectivity index (χ1) is 7.88. The van der Waals surface area contributed by atoms with Gasteiger partial charge in [0.05, 0.1) is 17.2 Å². The van der Waals surface area contributed by atoms with Crippen molar-refractivity contribution in [1.82, 2.24) is 0 Å². The van der Waals surface area contributed by atoms with Crippen molar-refractivity contribution >= 4 is 9.73 Å². The van der Waals surface area contributed by atoms with Crippen LogP contribution in [0.1, 0.15) is 29.4 Å². The molecule has 0 fully saturated rings. The average Bonchev–Trinajstić information content (AvgIpc) is 2.22. The summed E-state index contributed by atoms with van der Waals surface area (Å²) in [7, 11) is -2.66. The van der Waals surface area contributed by atoms with Gasteiger partial charge in [0.25, 0.3) is 0 Å². The van der Waals surface area contributed by atoms with Crippen molar-refractivity contribution in [3.05, 3.63) is 30.3 Å². The lowest BCUT2D eigenvalue weighted by atomic mass is 10.1. The molecule has 82 valence electrons. The molecule has 1 heterocycles. The molecular formula is C12H17NOS. The Morgan fingerprint density at radius 3 is 2.67 bits per heavy atom. The summed E-state index contributed by atoms with van der Waals surface area (Å²) in [5.41, 5.74) is 0. The summed E-state index contributed by atoms with van der Waals surface area (Å²) in [6, 6.07) is 5.15. The van der Waals surface area contributed by atoms with Crippen LogP contribution in [-0.2, 0) is 9.73 Å². The smallest absolute Gasteiger partial charge is 0.0804 e. The van der Waals surface area contributed by atoms with Gasteiger partial charge in [0.2, 0.25) is 0 Å². The monoisotopic (exact) mass is 225 g/mol. The Bertz CT molecular complexity index is 539. The summed E-state index contributed by atoms with van der Waals surface area (Å²) >= 11 is 0. The summed E-state index contributed by atoms with van der Waals surface area (Å²) in [4.78, 5) is 0.310. The molecule has 1 aromatic rings. The second-order valence-corrected chi connectivity index (χ2v) is 7.21. The van der Waals surface area contributed by atoms with Gasteiger partial charge < -0.3 is 0 Å². The van der Waals surface area contributed by atoms with Crippen LogP contribution in [-0.4, -0.2) is 15.5 Å². The molecule has 2 rings (SSSR count). The van der Waals surface area contributed by atoms with Gasteiger partial charge in [-0.05, 0) is 38.8 Å². The van der Waals surface area contributed by atoms with E-state index in [1.54, 1.807) is 18.2 Å². The van der Waals surface area contributed by atoms with E-state index < -0.39 is 14.5 Å². The van der Waals surface area contributed by atoms with Gasteiger partial charge >= 0.3 is 0 Å². The van der Waals surface area contributed by atoms with Gasteiger partial charge in [0.15, 0.2) is 0 Å². The van der Waals surface area contributed by atoms with E-state index in [1.807, 2.05) is 13.8 Å². The Balaban J connectivity index is 2.75. The lowest BCUT2D eigenvalue weighted by molar-refractivity contribution is 0.544. The molecule has 0 saturated carbocycles. The van der Waals surface area contributed by atoms with Crippen LogP contribution in [0.5, 0.6) is 0 Å². The third-order valence-corrected chi connectivity index (χ3v) is 5.89. The summed E-state index contributed by atoms with van der Waals surface area (Å²) < 4.78 is 32.7. The Morgan fingerprint density at radius 1 is 1.40 bits per heavy atom. The molecule has 0 aliphatic carbocycles. The van der Waals surface area contributed by atoms with E-state index in [9.17, 15) is 4.21 Å². The highest BCUT2D eigenvalue weighted by molar-refractivity contribution is 7.95. The van der Waals surface area contributed by atoms with E-state index in [4.69, 9.17) is 2.74 Å². The molecule has 0 saturated heterocycles. The van der Waals surface area contributed by atoms with E-state index in [0.29, 0.717) is 11.4 Å². The van der Waals surface area contributed by atoms with Crippen LogP contribution in [0.3, 0.4) is 0 Å². The summed E-state index contributed by atoms with van der Waals surface area (Å²) in [5, 5.41) is 0. The van der Waals surface area contributed by atoms with Crippen LogP contribution < -0.4 is 0 Å². The third kappa shape index (κ3) is 1.69. The number of nitrogens with zero attached hydrogens (tertiary/aromatic N) is 1. The Labute approximate surface area is 94.7 Å². The van der Waals surface area contributed by atoms with Gasteiger partial charge in [0.1, 0.15) is 0 Å². The molecule has 1 atom stereocenters. The molecule has 1 aliphatic heterocycles. The number of benzene rings is 1. The third-order valence-electron chi connectivity index (χ3n) is 2.86. The van der Waals surface area contributed by atoms with E-state index in [2.05, 4.69) is 4.36 Å². The normalized spacial score (nSPS) is 31.3. The summed E-state index contributed by atoms with van der Waals surface area (Å²) in [5.74, 6) is 0. The van der Waals surface area contributed by atoms with Crippen LogP contribution in [0.15, 0.2) is 39.5 Å². The lowest BCUT2D eigenvalue weighted by Gasteiger charge is -2.32. The second kappa shape index (κ2) is 3.63. The molecule has 1 aliphatic rings. The molecule has 0 radical (unpaired) electrons. The average molecular weight is 225 g/mol. The zero-order chi connectivity index (χ0) is 12.7. The van der Waals surface area contributed by atoms with Crippen LogP contribution in [0.4, 0.5) is 0 Å². The first kappa shape index (κ1) is 8.34. The molecule has 15 heavy (non-hydrogen) atoms. The molecular weight excluding hydrogens is 206 g/mol. The molecule has 0 unspecified atom stereocenters. The van der Waals surface area contributed by atoms with Gasteiger partial charge in [-0.3, -0.25) is 0 Å². The van der Waals surface area contributed by atoms with E-state index in [1.165, 1.54) is 0 Å². The van der Waals surface area contributed by atoms with Crippen LogP contribution >= 0.6 is 0 Å². The molecule has 0 spiro atoms. The fraction of sp³-hybridized carbons (Fsp3) is 0.500. The minimum Gasteiger partial charge on any atom is -0.244 e. The van der Waals surface area contributed by atoms with Gasteiger partial charge in [0, 0.05) is 11.4 Å². The maximum absolute atomic E-state index is 13.1. The Morgan fingerprint density at radius 2 is 2.07 bits per heavy atom. The number of hydrogen-bond donors (Lipinski definition) is 0. The molecule has 0 N–H and O–H groups in total. The largest absolute Gasteiger partial charge is 0.244 e. The van der Waals surface area contributed by atoms with Gasteiger partial charge in [-0.1, -0.05) is 18.2 Å². The number of hydrogen-bond acceptors (Lipinski definition) is 2. The SMILES string of the molecule is [2H]c1cccc([2H])c1[S@@]1(=O)=NCCCC1(C)C. The Kier molecular flexibility index (Phi) is 2.02. The highest BCUT2D eigenvalue weighted by Crippen LogP contribution is 2.34. The maximum atomic E-state index is 13.1. The van der Waals surface area contributed by atoms with Crippen LogP contribution in [0, 0.1) is 0 Å². The van der Waals surface area contributed by atoms with Crippen LogP contribution in [0.2, 0.25) is 0 Å². The standard InChI is InChI=1S/C12H17NOS/c1-12(2)9-6-10-13-15(12,14)11-7-4-3-5-8-11/h3-5,7-8H,6,9-10H2,1-2H3/t15-/m0/s1/i7D,8D. The highest BCUT2D eigenvalue weighted by Gasteiger charge is 2.35. The zero-order valence-corrected chi connectivity index (χ0v) is 9.93. The second-order valence-electron chi connectivity index (χ2n) is 4.39. The lowest BCUT2D eigenvalue weighted by Crippen LogP contribution is -2.34. The maximum Gasteiger partial charge on any atom is 0.0804 e. The predicted octanol–water partition coefficient (Wildman–Crippen LogP) is 3.09. The van der Waals surface area contributed by atoms with E-state index in [0.717, 1.165) is 12.8 Å². The first-order valence-electron chi connectivity index (χ1n) is 6.17. The molecule has 1 aromatic carbocycles. The molecule has 2 nitrogen and oxygen atoms in total. The quantitative estimate of drug-likeness (QED) is 0.722. The Hall–Kier alpha value is -0.830. The zero-order valence-electron chi connectivity index (χ0n) is 11.1. The number of rotatable bonds is 1. The van der Waals surface area contributed by atoms with E-state index in [-0.39, 0.29) is 12.1 Å². The van der Waals surface area contributed by atoms with Gasteiger partial charge in [-0.25, -0.2) is 8.57 Å². The molecule has 3 heteroatoms. The van der Waals surface area contributed by atoms with Gasteiger partial charge in [-0.2, -0.15) is 0 Å². The van der Waals surface area contributed by atoms with Crippen molar-refractivity contribution in [3.8, 4) is 0 Å². The minimum atomic E-state index is -2.66. The highest BCUT2D eigenvalue weighted by atomic mass is 32.2. The molecule has 0 bridgehead atoms. The predicted molar refractivity (Wildman–Crippen MR) is 63.5 cm³/mol. The van der Waals surface area contributed by atoms with Crippen molar-refractivity contribution in [1.29, 1.82) is 0 Å². The fourth-order valence-electron chi connectivity index (χ4n) is 1.85. The summed E-state index contributed by atoms with van der Waals surface area (Å²) in [6.45, 7) is 4.41. The van der Waals surface area contributed by atoms with Crippen molar-refractivity contribution in [2.75, 3.05) is 6.54 Å². The molecule has 0 aromatic heterocycles. The van der Waals surface area contributed by atoms with E-state index >= 15 is 0 Å². The summed E-state index contributed by atoms with van der Waals surface area (Å²) in [6.07, 6.45) is 1.75. The first-order valence-corrected chi connectivity index (χ1v) is 6.69. The van der Waals surface area contributed by atoms with Gasteiger partial charge in [-0.15, -0.1) is 0 Å². The topological polar surface area (TPSA) is 29.4 Å². The molecule has 0 amide bonds. The van der Waals surface area contributed by atoms with Crippen molar-refractivity contribution in [2.45, 2.75) is 36.3 Å². The minimum absolute atomic E-state index is 0.168.